The zero-order valence-corrected chi connectivity index (χ0v) is 9.70. The van der Waals surface area contributed by atoms with Crippen LogP contribution in [0.2, 0.25) is 0 Å². The van der Waals surface area contributed by atoms with E-state index in [0.717, 1.165) is 25.2 Å². The van der Waals surface area contributed by atoms with Crippen molar-refractivity contribution < 1.29 is 4.39 Å². The third-order valence-electron chi connectivity index (χ3n) is 2.21. The summed E-state index contributed by atoms with van der Waals surface area (Å²) in [5.41, 5.74) is -0.0381. The van der Waals surface area contributed by atoms with Crippen molar-refractivity contribution in [2.75, 3.05) is 6.67 Å². The van der Waals surface area contributed by atoms with Gasteiger partial charge in [0.05, 0.1) is 6.67 Å². The van der Waals surface area contributed by atoms with Crippen LogP contribution in [0, 0.1) is 0 Å². The topological polar surface area (TPSA) is 43.6 Å². The van der Waals surface area contributed by atoms with Gasteiger partial charge in [-0.05, 0) is 29.7 Å². The van der Waals surface area contributed by atoms with Gasteiger partial charge in [-0.2, -0.15) is 0 Å². The number of aryl methyl sites for hydroxylation is 1. The number of aromatic nitrogens is 4. The van der Waals surface area contributed by atoms with Gasteiger partial charge < -0.3 is 0 Å². The molecule has 15 heavy (non-hydrogen) atoms. The quantitative estimate of drug-likeness (QED) is 0.705. The van der Waals surface area contributed by atoms with Crippen molar-refractivity contribution in [3.05, 3.63) is 5.82 Å². The number of hydrogen-bond acceptors (Lipinski definition) is 3. The van der Waals surface area contributed by atoms with Crippen molar-refractivity contribution in [3.63, 3.8) is 0 Å². The molecule has 0 fully saturated rings. The fraction of sp³-hybridized carbons (Fsp3) is 0.900. The molecular weight excluding hydrogens is 195 g/mol. The minimum absolute atomic E-state index is 0.0381. The lowest BCUT2D eigenvalue weighted by atomic mass is 9.96. The molecule has 0 radical (unpaired) electrons. The molecule has 0 unspecified atom stereocenters. The summed E-state index contributed by atoms with van der Waals surface area (Å²) in [6, 6.07) is 0. The van der Waals surface area contributed by atoms with Crippen molar-refractivity contribution in [2.45, 2.75) is 52.0 Å². The molecule has 0 atom stereocenters. The van der Waals surface area contributed by atoms with Crippen LogP contribution in [0.4, 0.5) is 4.39 Å². The Balaban J connectivity index is 2.51. The van der Waals surface area contributed by atoms with E-state index >= 15 is 0 Å². The number of alkyl halides is 1. The molecule has 1 aromatic rings. The van der Waals surface area contributed by atoms with Crippen molar-refractivity contribution in [1.82, 2.24) is 20.2 Å². The van der Waals surface area contributed by atoms with E-state index in [1.54, 1.807) is 0 Å². The Bertz CT molecular complexity index is 290. The largest absolute Gasteiger partial charge is 0.251 e. The van der Waals surface area contributed by atoms with E-state index in [4.69, 9.17) is 0 Å². The van der Waals surface area contributed by atoms with E-state index in [9.17, 15) is 4.39 Å². The zero-order chi connectivity index (χ0) is 11.3. The zero-order valence-electron chi connectivity index (χ0n) is 9.70. The molecule has 0 spiro atoms. The molecule has 0 N–H and O–H groups in total. The van der Waals surface area contributed by atoms with Crippen LogP contribution >= 0.6 is 0 Å². The van der Waals surface area contributed by atoms with Crippen molar-refractivity contribution in [2.24, 2.45) is 0 Å². The first-order valence-corrected chi connectivity index (χ1v) is 5.38. The van der Waals surface area contributed by atoms with E-state index in [1.807, 2.05) is 4.68 Å². The number of unbranched alkanes of at least 4 members (excludes halogenated alkanes) is 2. The summed E-state index contributed by atoms with van der Waals surface area (Å²) in [5, 5.41) is 11.6. The van der Waals surface area contributed by atoms with Gasteiger partial charge in [0.1, 0.15) is 0 Å². The van der Waals surface area contributed by atoms with Crippen LogP contribution in [0.5, 0.6) is 0 Å². The van der Waals surface area contributed by atoms with Crippen LogP contribution in [-0.2, 0) is 12.0 Å². The summed E-state index contributed by atoms with van der Waals surface area (Å²) < 4.78 is 13.7. The summed E-state index contributed by atoms with van der Waals surface area (Å²) in [6.07, 6.45) is 2.45. The average Bonchev–Trinajstić information content (AvgIpc) is 2.59. The molecule has 4 nitrogen and oxygen atoms in total. The highest BCUT2D eigenvalue weighted by atomic mass is 19.1. The van der Waals surface area contributed by atoms with Gasteiger partial charge in [-0.15, -0.1) is 5.10 Å². The van der Waals surface area contributed by atoms with Crippen molar-refractivity contribution in [3.8, 4) is 0 Å². The van der Waals surface area contributed by atoms with Gasteiger partial charge in [-0.1, -0.05) is 20.8 Å². The van der Waals surface area contributed by atoms with Crippen LogP contribution in [-0.4, -0.2) is 26.9 Å². The van der Waals surface area contributed by atoms with Gasteiger partial charge in [0.25, 0.3) is 0 Å². The molecule has 1 heterocycles. The average molecular weight is 214 g/mol. The molecule has 0 bridgehead atoms. The molecule has 0 aliphatic heterocycles. The van der Waals surface area contributed by atoms with Gasteiger partial charge in [-0.3, -0.25) is 4.39 Å². The Kier molecular flexibility index (Phi) is 4.17. The van der Waals surface area contributed by atoms with Crippen LogP contribution < -0.4 is 0 Å². The summed E-state index contributed by atoms with van der Waals surface area (Å²) in [4.78, 5) is 0. The lowest BCUT2D eigenvalue weighted by Gasteiger charge is -2.16. The number of nitrogens with zero attached hydrogens (tertiary/aromatic N) is 4. The van der Waals surface area contributed by atoms with E-state index in [2.05, 4.69) is 36.3 Å². The number of halogens is 1. The second-order valence-electron chi connectivity index (χ2n) is 4.73. The van der Waals surface area contributed by atoms with Gasteiger partial charge >= 0.3 is 0 Å². The number of rotatable bonds is 5. The lowest BCUT2D eigenvalue weighted by Crippen LogP contribution is -2.20. The molecule has 86 valence electrons. The van der Waals surface area contributed by atoms with Crippen molar-refractivity contribution >= 4 is 0 Å². The molecule has 0 aliphatic rings. The predicted octanol–water partition coefficient (Wildman–Crippen LogP) is 2.11. The van der Waals surface area contributed by atoms with Gasteiger partial charge in [0, 0.05) is 12.0 Å². The normalized spacial score (nSPS) is 12.0. The summed E-state index contributed by atoms with van der Waals surface area (Å²) >= 11 is 0. The first kappa shape index (κ1) is 12.1. The Morgan fingerprint density at radius 2 is 1.93 bits per heavy atom. The third-order valence-corrected chi connectivity index (χ3v) is 2.21. The standard InChI is InChI=1S/C10H19FN4/c1-10(2,3)9-12-13-14-15(9)8-6-4-5-7-11/h4-8H2,1-3H3. The van der Waals surface area contributed by atoms with Crippen LogP contribution in [0.3, 0.4) is 0 Å². The Labute approximate surface area is 89.9 Å². The Hall–Kier alpha value is -1.00. The van der Waals surface area contributed by atoms with E-state index in [1.165, 1.54) is 0 Å². The Morgan fingerprint density at radius 1 is 1.20 bits per heavy atom. The first-order chi connectivity index (χ1) is 7.05. The van der Waals surface area contributed by atoms with Gasteiger partial charge in [0.15, 0.2) is 5.82 Å². The number of hydrogen-bond donors (Lipinski definition) is 0. The molecule has 0 aromatic carbocycles. The van der Waals surface area contributed by atoms with Gasteiger partial charge in [0.2, 0.25) is 0 Å². The molecule has 0 saturated heterocycles. The summed E-state index contributed by atoms with van der Waals surface area (Å²) in [7, 11) is 0. The maximum Gasteiger partial charge on any atom is 0.156 e. The van der Waals surface area contributed by atoms with E-state index < -0.39 is 0 Å². The number of tetrazole rings is 1. The lowest BCUT2D eigenvalue weighted by molar-refractivity contribution is 0.424. The molecule has 5 heteroatoms. The second-order valence-corrected chi connectivity index (χ2v) is 4.73. The fourth-order valence-corrected chi connectivity index (χ4v) is 1.43. The fourth-order valence-electron chi connectivity index (χ4n) is 1.43. The minimum Gasteiger partial charge on any atom is -0.251 e. The van der Waals surface area contributed by atoms with Crippen LogP contribution in [0.25, 0.3) is 0 Å². The maximum absolute atomic E-state index is 11.9. The molecule has 0 amide bonds. The van der Waals surface area contributed by atoms with Crippen LogP contribution in [0.15, 0.2) is 0 Å². The smallest absolute Gasteiger partial charge is 0.156 e. The molecule has 1 aromatic heterocycles. The third kappa shape index (κ3) is 3.57. The summed E-state index contributed by atoms with van der Waals surface area (Å²) in [6.45, 7) is 6.78. The van der Waals surface area contributed by atoms with E-state index in [0.29, 0.717) is 6.42 Å². The highest BCUT2D eigenvalue weighted by Crippen LogP contribution is 2.18. The van der Waals surface area contributed by atoms with Crippen molar-refractivity contribution in [1.29, 1.82) is 0 Å². The molecule has 1 rings (SSSR count). The summed E-state index contributed by atoms with van der Waals surface area (Å²) in [5.74, 6) is 0.891. The highest BCUT2D eigenvalue weighted by molar-refractivity contribution is 4.98. The highest BCUT2D eigenvalue weighted by Gasteiger charge is 2.21. The monoisotopic (exact) mass is 214 g/mol. The van der Waals surface area contributed by atoms with E-state index in [-0.39, 0.29) is 12.1 Å². The SMILES string of the molecule is CC(C)(C)c1nnnn1CCCCCF. The predicted molar refractivity (Wildman–Crippen MR) is 56.3 cm³/mol. The second kappa shape index (κ2) is 5.19. The maximum atomic E-state index is 11.9. The molecule has 0 saturated carbocycles. The molecule has 0 aliphatic carbocycles. The first-order valence-electron chi connectivity index (χ1n) is 5.38. The molecular formula is C10H19FN4. The minimum atomic E-state index is -0.234. The Morgan fingerprint density at radius 3 is 2.53 bits per heavy atom. The van der Waals surface area contributed by atoms with Crippen LogP contribution in [0.1, 0.15) is 45.9 Å². The van der Waals surface area contributed by atoms with Gasteiger partial charge in [-0.25, -0.2) is 4.68 Å².